The van der Waals surface area contributed by atoms with E-state index in [0.717, 1.165) is 5.57 Å². The van der Waals surface area contributed by atoms with E-state index in [1.165, 1.54) is 10.4 Å². The standard InChI is InChI=1S/C11H18N2O3S/c1-4-13(8-9(2)3)17(14,15)11-6-5-10(7-12)16-11/h5-6H,2,4,7-8,12H2,1,3H3. The maximum Gasteiger partial charge on any atom is 0.276 e. The fourth-order valence-electron chi connectivity index (χ4n) is 1.40. The van der Waals surface area contributed by atoms with Gasteiger partial charge in [0.1, 0.15) is 5.76 Å². The number of hydrogen-bond donors (Lipinski definition) is 1. The summed E-state index contributed by atoms with van der Waals surface area (Å²) in [6, 6.07) is 3.00. The first-order valence-electron chi connectivity index (χ1n) is 5.35. The smallest absolute Gasteiger partial charge is 0.276 e. The van der Waals surface area contributed by atoms with Crippen molar-refractivity contribution in [1.29, 1.82) is 0 Å². The van der Waals surface area contributed by atoms with E-state index in [9.17, 15) is 8.42 Å². The van der Waals surface area contributed by atoms with Crippen molar-refractivity contribution < 1.29 is 12.8 Å². The zero-order chi connectivity index (χ0) is 13.1. The Kier molecular flexibility index (Phi) is 4.50. The number of furan rings is 1. The summed E-state index contributed by atoms with van der Waals surface area (Å²) in [5.41, 5.74) is 6.16. The molecule has 5 nitrogen and oxygen atoms in total. The molecule has 1 rings (SSSR count). The molecule has 0 radical (unpaired) electrons. The zero-order valence-electron chi connectivity index (χ0n) is 10.1. The van der Waals surface area contributed by atoms with Gasteiger partial charge in [0.2, 0.25) is 5.09 Å². The Hall–Kier alpha value is -1.11. The molecule has 6 heteroatoms. The molecule has 0 atom stereocenters. The first kappa shape index (κ1) is 14.0. The number of likely N-dealkylation sites (N-methyl/N-ethyl adjacent to an activating group) is 1. The molecule has 2 N–H and O–H groups in total. The first-order chi connectivity index (χ1) is 7.91. The maximum absolute atomic E-state index is 12.2. The molecule has 0 fully saturated rings. The maximum atomic E-state index is 12.2. The van der Waals surface area contributed by atoms with Crippen LogP contribution in [0.4, 0.5) is 0 Å². The van der Waals surface area contributed by atoms with Crippen LogP contribution < -0.4 is 5.73 Å². The lowest BCUT2D eigenvalue weighted by atomic mass is 10.3. The third-order valence-electron chi connectivity index (χ3n) is 2.23. The molecule has 0 aliphatic rings. The van der Waals surface area contributed by atoms with Crippen LogP contribution >= 0.6 is 0 Å². The largest absolute Gasteiger partial charge is 0.447 e. The first-order valence-corrected chi connectivity index (χ1v) is 6.79. The van der Waals surface area contributed by atoms with Crippen molar-refractivity contribution in [3.63, 3.8) is 0 Å². The molecule has 0 bridgehead atoms. The summed E-state index contributed by atoms with van der Waals surface area (Å²) in [7, 11) is -3.59. The van der Waals surface area contributed by atoms with E-state index in [0.29, 0.717) is 12.3 Å². The highest BCUT2D eigenvalue weighted by molar-refractivity contribution is 7.89. The third kappa shape index (κ3) is 3.18. The van der Waals surface area contributed by atoms with Gasteiger partial charge in [-0.2, -0.15) is 4.31 Å². The average molecular weight is 258 g/mol. The molecular formula is C11H18N2O3S. The molecule has 0 aliphatic heterocycles. The molecule has 0 saturated heterocycles. The Morgan fingerprint density at radius 2 is 2.18 bits per heavy atom. The van der Waals surface area contributed by atoms with Gasteiger partial charge >= 0.3 is 0 Å². The molecule has 0 unspecified atom stereocenters. The summed E-state index contributed by atoms with van der Waals surface area (Å²) >= 11 is 0. The second kappa shape index (κ2) is 5.48. The fourth-order valence-corrected chi connectivity index (χ4v) is 2.84. The van der Waals surface area contributed by atoms with Gasteiger partial charge in [-0.1, -0.05) is 19.1 Å². The molecule has 0 spiro atoms. The average Bonchev–Trinajstić information content (AvgIpc) is 2.74. The van der Waals surface area contributed by atoms with E-state index in [4.69, 9.17) is 10.2 Å². The van der Waals surface area contributed by atoms with E-state index >= 15 is 0 Å². The van der Waals surface area contributed by atoms with Crippen molar-refractivity contribution in [3.8, 4) is 0 Å². The molecule has 0 aliphatic carbocycles. The summed E-state index contributed by atoms with van der Waals surface area (Å²) < 4.78 is 30.8. The van der Waals surface area contributed by atoms with Crippen LogP contribution in [-0.2, 0) is 16.6 Å². The molecule has 1 aromatic heterocycles. The van der Waals surface area contributed by atoms with Gasteiger partial charge in [0, 0.05) is 13.1 Å². The normalized spacial score (nSPS) is 12.0. The minimum Gasteiger partial charge on any atom is -0.447 e. The monoisotopic (exact) mass is 258 g/mol. The van der Waals surface area contributed by atoms with Crippen molar-refractivity contribution in [1.82, 2.24) is 4.31 Å². The second-order valence-electron chi connectivity index (χ2n) is 3.81. The highest BCUT2D eigenvalue weighted by atomic mass is 32.2. The molecule has 0 saturated carbocycles. The van der Waals surface area contributed by atoms with Crippen LogP contribution in [0.25, 0.3) is 0 Å². The van der Waals surface area contributed by atoms with Gasteiger partial charge in [0.15, 0.2) is 0 Å². The van der Waals surface area contributed by atoms with E-state index in [-0.39, 0.29) is 18.2 Å². The van der Waals surface area contributed by atoms with Gasteiger partial charge in [-0.15, -0.1) is 0 Å². The van der Waals surface area contributed by atoms with Crippen LogP contribution in [-0.4, -0.2) is 25.8 Å². The fraction of sp³-hybridized carbons (Fsp3) is 0.455. The molecule has 0 amide bonds. The lowest BCUT2D eigenvalue weighted by Gasteiger charge is -2.18. The lowest BCUT2D eigenvalue weighted by Crippen LogP contribution is -2.32. The summed E-state index contributed by atoms with van der Waals surface area (Å²) in [6.45, 7) is 8.11. The Morgan fingerprint density at radius 3 is 2.59 bits per heavy atom. The predicted octanol–water partition coefficient (Wildman–Crippen LogP) is 1.33. The van der Waals surface area contributed by atoms with Crippen molar-refractivity contribution in [3.05, 3.63) is 30.0 Å². The molecule has 17 heavy (non-hydrogen) atoms. The molecule has 96 valence electrons. The quantitative estimate of drug-likeness (QED) is 0.781. The summed E-state index contributed by atoms with van der Waals surface area (Å²) in [5, 5.41) is -0.0685. The predicted molar refractivity (Wildman–Crippen MR) is 65.8 cm³/mol. The Balaban J connectivity index is 3.03. The molecular weight excluding hydrogens is 240 g/mol. The van der Waals surface area contributed by atoms with Gasteiger partial charge in [0.25, 0.3) is 10.0 Å². The second-order valence-corrected chi connectivity index (χ2v) is 5.68. The number of hydrogen-bond acceptors (Lipinski definition) is 4. The van der Waals surface area contributed by atoms with Gasteiger partial charge in [0.05, 0.1) is 6.54 Å². The van der Waals surface area contributed by atoms with E-state index < -0.39 is 10.0 Å². The van der Waals surface area contributed by atoms with E-state index in [2.05, 4.69) is 6.58 Å². The third-order valence-corrected chi connectivity index (χ3v) is 4.03. The molecule has 1 heterocycles. The highest BCUT2D eigenvalue weighted by Gasteiger charge is 2.26. The topological polar surface area (TPSA) is 76.5 Å². The van der Waals surface area contributed by atoms with Crippen LogP contribution in [0.15, 0.2) is 33.8 Å². The summed E-state index contributed by atoms with van der Waals surface area (Å²) in [4.78, 5) is 0. The van der Waals surface area contributed by atoms with Gasteiger partial charge in [-0.25, -0.2) is 8.42 Å². The Morgan fingerprint density at radius 1 is 1.53 bits per heavy atom. The van der Waals surface area contributed by atoms with Crippen LogP contribution in [0, 0.1) is 0 Å². The van der Waals surface area contributed by atoms with E-state index in [1.807, 2.05) is 0 Å². The number of rotatable bonds is 6. The van der Waals surface area contributed by atoms with Crippen LogP contribution in [0.5, 0.6) is 0 Å². The molecule has 0 aromatic carbocycles. The van der Waals surface area contributed by atoms with Crippen LogP contribution in [0.2, 0.25) is 0 Å². The minimum atomic E-state index is -3.59. The van der Waals surface area contributed by atoms with Crippen LogP contribution in [0.1, 0.15) is 19.6 Å². The lowest BCUT2D eigenvalue weighted by molar-refractivity contribution is 0.383. The van der Waals surface area contributed by atoms with Gasteiger partial charge in [-0.05, 0) is 19.1 Å². The summed E-state index contributed by atoms with van der Waals surface area (Å²) in [5.74, 6) is 0.454. The van der Waals surface area contributed by atoms with Gasteiger partial charge < -0.3 is 10.2 Å². The minimum absolute atomic E-state index is 0.0685. The Bertz CT molecular complexity index is 491. The summed E-state index contributed by atoms with van der Waals surface area (Å²) in [6.07, 6.45) is 0. The number of nitrogens with two attached hydrogens (primary N) is 1. The zero-order valence-corrected chi connectivity index (χ0v) is 11.0. The molecule has 1 aromatic rings. The number of sulfonamides is 1. The van der Waals surface area contributed by atoms with Crippen molar-refractivity contribution in [2.24, 2.45) is 5.73 Å². The van der Waals surface area contributed by atoms with Crippen LogP contribution in [0.3, 0.4) is 0 Å². The van der Waals surface area contributed by atoms with Crippen molar-refractivity contribution in [2.75, 3.05) is 13.1 Å². The SMILES string of the molecule is C=C(C)CN(CC)S(=O)(=O)c1ccc(CN)o1. The van der Waals surface area contributed by atoms with Crippen molar-refractivity contribution in [2.45, 2.75) is 25.5 Å². The van der Waals surface area contributed by atoms with Gasteiger partial charge in [-0.3, -0.25) is 0 Å². The highest BCUT2D eigenvalue weighted by Crippen LogP contribution is 2.19. The number of nitrogens with zero attached hydrogens (tertiary/aromatic N) is 1. The van der Waals surface area contributed by atoms with E-state index in [1.54, 1.807) is 19.9 Å². The Labute approximate surface area is 102 Å². The van der Waals surface area contributed by atoms with Crippen molar-refractivity contribution >= 4 is 10.0 Å².